The molecule has 2 aromatic carbocycles. The Bertz CT molecular complexity index is 887. The number of benzene rings is 2. The Balaban J connectivity index is 1.58. The van der Waals surface area contributed by atoms with Crippen LogP contribution in [0.5, 0.6) is 5.75 Å². The molecule has 2 aromatic rings. The highest BCUT2D eigenvalue weighted by atomic mass is 16.5. The summed E-state index contributed by atoms with van der Waals surface area (Å²) in [6.07, 6.45) is 2.02. The van der Waals surface area contributed by atoms with Crippen molar-refractivity contribution in [2.45, 2.75) is 31.6 Å². The maximum absolute atomic E-state index is 13.0. The third-order valence-corrected chi connectivity index (χ3v) is 5.39. The highest BCUT2D eigenvalue weighted by Gasteiger charge is 2.52. The molecule has 0 unspecified atom stereocenters. The number of hydrogen-bond donors (Lipinski definition) is 1. The molecule has 2 amide bonds. The van der Waals surface area contributed by atoms with E-state index in [0.717, 1.165) is 41.1 Å². The van der Waals surface area contributed by atoms with Gasteiger partial charge < -0.3 is 15.0 Å². The van der Waals surface area contributed by atoms with Crippen LogP contribution in [0.4, 0.5) is 11.4 Å². The van der Waals surface area contributed by atoms with Crippen LogP contribution in [-0.4, -0.2) is 25.5 Å². The number of carbonyl (C=O) groups is 2. The van der Waals surface area contributed by atoms with Crippen LogP contribution in [0.2, 0.25) is 0 Å². The van der Waals surface area contributed by atoms with Gasteiger partial charge in [0, 0.05) is 23.5 Å². The molecule has 1 aliphatic heterocycles. The first-order valence-corrected chi connectivity index (χ1v) is 8.97. The number of amides is 2. The average Bonchev–Trinajstić information content (AvgIpc) is 3.40. The number of para-hydroxylation sites is 1. The Hall–Kier alpha value is -2.82. The number of hydrogen-bond acceptors (Lipinski definition) is 3. The third-order valence-electron chi connectivity index (χ3n) is 5.39. The Kier molecular flexibility index (Phi) is 3.94. The summed E-state index contributed by atoms with van der Waals surface area (Å²) in [5.74, 6) is 0.843. The summed E-state index contributed by atoms with van der Waals surface area (Å²) in [5.41, 5.74) is 3.07. The molecule has 26 heavy (non-hydrogen) atoms. The van der Waals surface area contributed by atoms with Gasteiger partial charge in [-0.2, -0.15) is 0 Å². The summed E-state index contributed by atoms with van der Waals surface area (Å²) in [4.78, 5) is 26.8. The zero-order valence-electron chi connectivity index (χ0n) is 15.0. The lowest BCUT2D eigenvalue weighted by Gasteiger charge is -2.19. The van der Waals surface area contributed by atoms with Crippen molar-refractivity contribution in [2.24, 2.45) is 0 Å². The Labute approximate surface area is 153 Å². The monoisotopic (exact) mass is 350 g/mol. The number of ether oxygens (including phenoxy) is 1. The van der Waals surface area contributed by atoms with Crippen molar-refractivity contribution in [3.8, 4) is 5.75 Å². The van der Waals surface area contributed by atoms with E-state index in [1.54, 1.807) is 12.0 Å². The van der Waals surface area contributed by atoms with E-state index in [4.69, 9.17) is 4.74 Å². The second-order valence-corrected chi connectivity index (χ2v) is 6.89. The first kappa shape index (κ1) is 16.6. The molecule has 2 aliphatic rings. The highest BCUT2D eigenvalue weighted by Crippen LogP contribution is 2.52. The summed E-state index contributed by atoms with van der Waals surface area (Å²) in [7, 11) is 1.63. The molecular weight excluding hydrogens is 328 g/mol. The van der Waals surface area contributed by atoms with Crippen molar-refractivity contribution in [2.75, 3.05) is 23.9 Å². The quantitative estimate of drug-likeness (QED) is 0.900. The Morgan fingerprint density at radius 1 is 1.23 bits per heavy atom. The number of likely N-dealkylation sites (N-methyl/N-ethyl adjacent to an activating group) is 1. The number of methoxy groups -OCH3 is 1. The number of fused-ring (bicyclic) bond motifs is 1. The van der Waals surface area contributed by atoms with Crippen LogP contribution in [0, 0.1) is 0 Å². The number of nitrogens with one attached hydrogen (secondary N) is 1. The summed E-state index contributed by atoms with van der Waals surface area (Å²) >= 11 is 0. The predicted molar refractivity (Wildman–Crippen MR) is 101 cm³/mol. The second-order valence-electron chi connectivity index (χ2n) is 6.89. The van der Waals surface area contributed by atoms with Crippen LogP contribution in [0.25, 0.3) is 0 Å². The molecule has 1 aliphatic carbocycles. The molecule has 5 nitrogen and oxygen atoms in total. The van der Waals surface area contributed by atoms with E-state index in [0.29, 0.717) is 13.0 Å². The standard InChI is InChI=1S/C21H22N2O3/c1-3-23-17-9-8-15(12-14(17)13-19(23)24)22-20(25)21(10-11-21)16-6-4-5-7-18(16)26-2/h4-9,12H,3,10-11,13H2,1-2H3,(H,22,25). The molecule has 134 valence electrons. The van der Waals surface area contributed by atoms with Crippen molar-refractivity contribution < 1.29 is 14.3 Å². The van der Waals surface area contributed by atoms with Gasteiger partial charge in [-0.25, -0.2) is 0 Å². The van der Waals surface area contributed by atoms with Crippen LogP contribution in [0.3, 0.4) is 0 Å². The zero-order valence-corrected chi connectivity index (χ0v) is 15.0. The average molecular weight is 350 g/mol. The SMILES string of the molecule is CCN1C(=O)Cc2cc(NC(=O)C3(c4ccccc4OC)CC3)ccc21. The molecule has 1 heterocycles. The number of nitrogens with zero attached hydrogens (tertiary/aromatic N) is 1. The van der Waals surface area contributed by atoms with Crippen LogP contribution < -0.4 is 15.0 Å². The van der Waals surface area contributed by atoms with Crippen molar-refractivity contribution in [1.82, 2.24) is 0 Å². The second kappa shape index (κ2) is 6.16. The molecule has 1 saturated carbocycles. The van der Waals surface area contributed by atoms with Gasteiger partial charge in [0.25, 0.3) is 0 Å². The highest BCUT2D eigenvalue weighted by molar-refractivity contribution is 6.04. The Morgan fingerprint density at radius 3 is 2.69 bits per heavy atom. The van der Waals surface area contributed by atoms with Gasteiger partial charge >= 0.3 is 0 Å². The van der Waals surface area contributed by atoms with Gasteiger partial charge in [-0.05, 0) is 49.6 Å². The lowest BCUT2D eigenvalue weighted by atomic mass is 9.93. The molecule has 0 spiro atoms. The van der Waals surface area contributed by atoms with Crippen LogP contribution in [0.15, 0.2) is 42.5 Å². The molecule has 4 rings (SSSR count). The Morgan fingerprint density at radius 2 is 2.00 bits per heavy atom. The molecule has 0 atom stereocenters. The first-order valence-electron chi connectivity index (χ1n) is 8.97. The fourth-order valence-electron chi connectivity index (χ4n) is 3.84. The largest absolute Gasteiger partial charge is 0.496 e. The van der Waals surface area contributed by atoms with E-state index in [1.807, 2.05) is 49.4 Å². The topological polar surface area (TPSA) is 58.6 Å². The molecule has 5 heteroatoms. The van der Waals surface area contributed by atoms with Crippen molar-refractivity contribution in [1.29, 1.82) is 0 Å². The minimum absolute atomic E-state index is 0.0152. The van der Waals surface area contributed by atoms with Gasteiger partial charge in [0.2, 0.25) is 11.8 Å². The first-order chi connectivity index (χ1) is 12.6. The van der Waals surface area contributed by atoms with E-state index in [2.05, 4.69) is 5.32 Å². The van der Waals surface area contributed by atoms with E-state index >= 15 is 0 Å². The molecule has 0 aromatic heterocycles. The van der Waals surface area contributed by atoms with E-state index < -0.39 is 5.41 Å². The van der Waals surface area contributed by atoms with Gasteiger partial charge in [0.05, 0.1) is 18.9 Å². The van der Waals surface area contributed by atoms with Crippen molar-refractivity contribution in [3.63, 3.8) is 0 Å². The molecule has 0 radical (unpaired) electrons. The molecule has 0 bridgehead atoms. The van der Waals surface area contributed by atoms with Crippen LogP contribution >= 0.6 is 0 Å². The number of rotatable bonds is 5. The molecular formula is C21H22N2O3. The fraction of sp³-hybridized carbons (Fsp3) is 0.333. The van der Waals surface area contributed by atoms with Gasteiger partial charge in [-0.1, -0.05) is 18.2 Å². The molecule has 1 fully saturated rings. The smallest absolute Gasteiger partial charge is 0.235 e. The maximum atomic E-state index is 13.0. The normalized spacial score (nSPS) is 17.0. The minimum Gasteiger partial charge on any atom is -0.496 e. The van der Waals surface area contributed by atoms with Gasteiger partial charge in [-0.15, -0.1) is 0 Å². The molecule has 1 N–H and O–H groups in total. The summed E-state index contributed by atoms with van der Waals surface area (Å²) in [6.45, 7) is 2.63. The van der Waals surface area contributed by atoms with Gasteiger partial charge in [0.1, 0.15) is 5.75 Å². The van der Waals surface area contributed by atoms with Gasteiger partial charge in [0.15, 0.2) is 0 Å². The number of carbonyl (C=O) groups excluding carboxylic acids is 2. The van der Waals surface area contributed by atoms with Crippen molar-refractivity contribution in [3.05, 3.63) is 53.6 Å². The lowest BCUT2D eigenvalue weighted by Crippen LogP contribution is -2.28. The minimum atomic E-state index is -0.517. The van der Waals surface area contributed by atoms with Crippen LogP contribution in [0.1, 0.15) is 30.9 Å². The van der Waals surface area contributed by atoms with E-state index in [1.165, 1.54) is 0 Å². The lowest BCUT2D eigenvalue weighted by molar-refractivity contribution is -0.118. The van der Waals surface area contributed by atoms with E-state index in [-0.39, 0.29) is 11.8 Å². The summed E-state index contributed by atoms with van der Waals surface area (Å²) < 4.78 is 5.45. The maximum Gasteiger partial charge on any atom is 0.235 e. The predicted octanol–water partition coefficient (Wildman–Crippen LogP) is 3.27. The zero-order chi connectivity index (χ0) is 18.3. The fourth-order valence-corrected chi connectivity index (χ4v) is 3.84. The van der Waals surface area contributed by atoms with Crippen LogP contribution in [-0.2, 0) is 21.4 Å². The molecule has 0 saturated heterocycles. The van der Waals surface area contributed by atoms with Crippen molar-refractivity contribution >= 4 is 23.2 Å². The third kappa shape index (κ3) is 2.55. The summed E-state index contributed by atoms with van der Waals surface area (Å²) in [5, 5.41) is 3.05. The number of anilines is 2. The van der Waals surface area contributed by atoms with E-state index in [9.17, 15) is 9.59 Å². The van der Waals surface area contributed by atoms with Gasteiger partial charge in [-0.3, -0.25) is 9.59 Å². The summed E-state index contributed by atoms with van der Waals surface area (Å²) in [6, 6.07) is 13.4.